The first kappa shape index (κ1) is 14.3. The minimum atomic E-state index is -0.0391. The van der Waals surface area contributed by atoms with Crippen LogP contribution < -0.4 is 11.2 Å². The van der Waals surface area contributed by atoms with Crippen LogP contribution in [0.1, 0.15) is 13.3 Å². The molecular formula is C12H16N6OS. The molecule has 0 aliphatic heterocycles. The van der Waals surface area contributed by atoms with E-state index in [-0.39, 0.29) is 11.7 Å². The molecule has 3 N–H and O–H groups in total. The molecule has 0 atom stereocenters. The van der Waals surface area contributed by atoms with E-state index in [2.05, 4.69) is 20.5 Å². The van der Waals surface area contributed by atoms with Crippen LogP contribution in [0, 0.1) is 0 Å². The highest BCUT2D eigenvalue weighted by atomic mass is 32.2. The average Bonchev–Trinajstić information content (AvgIpc) is 2.85. The summed E-state index contributed by atoms with van der Waals surface area (Å²) in [6.45, 7) is 2.68. The van der Waals surface area contributed by atoms with Gasteiger partial charge < -0.3 is 11.2 Å². The van der Waals surface area contributed by atoms with Crippen molar-refractivity contribution in [1.82, 2.24) is 25.2 Å². The fraction of sp³-hybridized carbons (Fsp3) is 0.333. The monoisotopic (exact) mass is 292 g/mol. The fourth-order valence-corrected chi connectivity index (χ4v) is 2.20. The van der Waals surface area contributed by atoms with E-state index in [0.29, 0.717) is 17.5 Å². The molecule has 0 fully saturated rings. The second-order valence-electron chi connectivity index (χ2n) is 4.06. The van der Waals surface area contributed by atoms with Crippen molar-refractivity contribution in [1.29, 1.82) is 0 Å². The Morgan fingerprint density at radius 1 is 1.50 bits per heavy atom. The van der Waals surface area contributed by atoms with E-state index in [1.54, 1.807) is 18.5 Å². The van der Waals surface area contributed by atoms with Gasteiger partial charge in [-0.2, -0.15) is 0 Å². The lowest BCUT2D eigenvalue weighted by Crippen LogP contribution is -2.26. The van der Waals surface area contributed by atoms with Gasteiger partial charge in [0.15, 0.2) is 5.82 Å². The minimum absolute atomic E-state index is 0.0391. The van der Waals surface area contributed by atoms with E-state index in [1.807, 2.05) is 13.0 Å². The van der Waals surface area contributed by atoms with Crippen LogP contribution in [-0.4, -0.2) is 38.1 Å². The first-order valence-corrected chi connectivity index (χ1v) is 7.21. The molecule has 106 valence electrons. The molecule has 0 saturated carbocycles. The van der Waals surface area contributed by atoms with Gasteiger partial charge in [0.2, 0.25) is 11.1 Å². The Morgan fingerprint density at radius 3 is 3.05 bits per heavy atom. The molecule has 0 aliphatic rings. The van der Waals surface area contributed by atoms with Crippen LogP contribution in [0.15, 0.2) is 29.7 Å². The number of carbonyl (C=O) groups is 1. The number of nitrogens with two attached hydrogens (primary N) is 1. The summed E-state index contributed by atoms with van der Waals surface area (Å²) in [4.78, 5) is 15.5. The third-order valence-corrected chi connectivity index (χ3v) is 3.43. The number of amides is 1. The third kappa shape index (κ3) is 3.47. The van der Waals surface area contributed by atoms with Gasteiger partial charge in [-0.3, -0.25) is 9.78 Å². The van der Waals surface area contributed by atoms with Crippen molar-refractivity contribution in [3.05, 3.63) is 24.5 Å². The van der Waals surface area contributed by atoms with Gasteiger partial charge in [-0.25, -0.2) is 4.68 Å². The average molecular weight is 292 g/mol. The maximum Gasteiger partial charge on any atom is 0.230 e. The smallest absolute Gasteiger partial charge is 0.230 e. The van der Waals surface area contributed by atoms with Crippen LogP contribution in [0.2, 0.25) is 0 Å². The number of pyridine rings is 1. The summed E-state index contributed by atoms with van der Waals surface area (Å²) in [7, 11) is 0. The van der Waals surface area contributed by atoms with Crippen molar-refractivity contribution in [3.63, 3.8) is 0 Å². The van der Waals surface area contributed by atoms with Crippen molar-refractivity contribution >= 4 is 17.7 Å². The number of nitrogens with one attached hydrogen (secondary N) is 1. The van der Waals surface area contributed by atoms with Crippen LogP contribution in [0.3, 0.4) is 0 Å². The van der Waals surface area contributed by atoms with E-state index >= 15 is 0 Å². The maximum absolute atomic E-state index is 11.5. The number of aromatic nitrogens is 4. The molecule has 2 rings (SSSR count). The molecule has 0 unspecified atom stereocenters. The zero-order valence-electron chi connectivity index (χ0n) is 11.1. The van der Waals surface area contributed by atoms with Gasteiger partial charge >= 0.3 is 0 Å². The third-order valence-electron chi connectivity index (χ3n) is 2.49. The topological polar surface area (TPSA) is 98.7 Å². The summed E-state index contributed by atoms with van der Waals surface area (Å²) in [6.07, 6.45) is 4.25. The van der Waals surface area contributed by atoms with Gasteiger partial charge in [-0.15, -0.1) is 10.2 Å². The first-order valence-electron chi connectivity index (χ1n) is 6.22. The standard InChI is InChI=1S/C12H16N6OS/c1-2-5-15-10(19)8-20-12-17-16-11(18(12)13)9-4-3-6-14-7-9/h3-4,6-7H,2,5,8,13H2,1H3,(H,15,19). The lowest BCUT2D eigenvalue weighted by Gasteiger charge is -2.04. The summed E-state index contributed by atoms with van der Waals surface area (Å²) < 4.78 is 1.37. The highest BCUT2D eigenvalue weighted by Gasteiger charge is 2.13. The Kier molecular flexibility index (Phi) is 4.94. The molecule has 0 bridgehead atoms. The Morgan fingerprint density at radius 2 is 2.35 bits per heavy atom. The first-order chi connectivity index (χ1) is 9.72. The number of rotatable bonds is 6. The molecule has 8 heteroatoms. The normalized spacial score (nSPS) is 10.4. The van der Waals surface area contributed by atoms with Gasteiger partial charge in [0, 0.05) is 24.5 Å². The fourth-order valence-electron chi connectivity index (χ4n) is 1.51. The van der Waals surface area contributed by atoms with Crippen LogP contribution >= 0.6 is 11.8 Å². The molecule has 2 aromatic rings. The molecule has 20 heavy (non-hydrogen) atoms. The minimum Gasteiger partial charge on any atom is -0.355 e. The summed E-state index contributed by atoms with van der Waals surface area (Å²) in [6, 6.07) is 3.65. The van der Waals surface area contributed by atoms with E-state index < -0.39 is 0 Å². The molecule has 2 aromatic heterocycles. The Labute approximate surface area is 121 Å². The summed E-state index contributed by atoms with van der Waals surface area (Å²) in [5.74, 6) is 6.68. The molecule has 2 heterocycles. The molecule has 0 spiro atoms. The lowest BCUT2D eigenvalue weighted by molar-refractivity contribution is -0.118. The molecular weight excluding hydrogens is 276 g/mol. The second-order valence-corrected chi connectivity index (χ2v) is 5.00. The summed E-state index contributed by atoms with van der Waals surface area (Å²) in [5.41, 5.74) is 0.782. The number of thioether (sulfide) groups is 1. The van der Waals surface area contributed by atoms with Crippen molar-refractivity contribution in [2.45, 2.75) is 18.5 Å². The van der Waals surface area contributed by atoms with E-state index in [1.165, 1.54) is 16.4 Å². The second kappa shape index (κ2) is 6.90. The predicted octanol–water partition coefficient (Wildman–Crippen LogP) is 0.672. The zero-order valence-corrected chi connectivity index (χ0v) is 11.9. The van der Waals surface area contributed by atoms with Crippen molar-refractivity contribution in [2.75, 3.05) is 18.1 Å². The quantitative estimate of drug-likeness (QED) is 0.600. The maximum atomic E-state index is 11.5. The SMILES string of the molecule is CCCNC(=O)CSc1nnc(-c2cccnc2)n1N. The molecule has 1 amide bonds. The number of nitrogen functional groups attached to an aromatic ring is 1. The van der Waals surface area contributed by atoms with Gasteiger partial charge in [-0.05, 0) is 18.6 Å². The largest absolute Gasteiger partial charge is 0.355 e. The number of hydrogen-bond acceptors (Lipinski definition) is 6. The highest BCUT2D eigenvalue weighted by molar-refractivity contribution is 7.99. The van der Waals surface area contributed by atoms with Gasteiger partial charge in [-0.1, -0.05) is 18.7 Å². The van der Waals surface area contributed by atoms with E-state index in [4.69, 9.17) is 5.84 Å². The van der Waals surface area contributed by atoms with E-state index in [0.717, 1.165) is 12.0 Å². The number of nitrogens with zero attached hydrogens (tertiary/aromatic N) is 4. The van der Waals surface area contributed by atoms with Crippen molar-refractivity contribution < 1.29 is 4.79 Å². The number of carbonyl (C=O) groups excluding carboxylic acids is 1. The lowest BCUT2D eigenvalue weighted by atomic mass is 10.3. The Hall–Kier alpha value is -2.09. The van der Waals surface area contributed by atoms with Gasteiger partial charge in [0.25, 0.3) is 0 Å². The highest BCUT2D eigenvalue weighted by Crippen LogP contribution is 2.20. The molecule has 7 nitrogen and oxygen atoms in total. The summed E-state index contributed by atoms with van der Waals surface area (Å²) >= 11 is 1.25. The molecule has 0 saturated heterocycles. The van der Waals surface area contributed by atoms with Crippen LogP contribution in [-0.2, 0) is 4.79 Å². The van der Waals surface area contributed by atoms with Crippen LogP contribution in [0.25, 0.3) is 11.4 Å². The van der Waals surface area contributed by atoms with Gasteiger partial charge in [0.05, 0.1) is 5.75 Å². The van der Waals surface area contributed by atoms with Crippen molar-refractivity contribution in [2.24, 2.45) is 0 Å². The van der Waals surface area contributed by atoms with Gasteiger partial charge in [0.1, 0.15) is 0 Å². The Balaban J connectivity index is 2.01. The molecule has 0 radical (unpaired) electrons. The Bertz CT molecular complexity index is 571. The van der Waals surface area contributed by atoms with Crippen LogP contribution in [0.5, 0.6) is 0 Å². The van der Waals surface area contributed by atoms with Crippen molar-refractivity contribution in [3.8, 4) is 11.4 Å². The molecule has 0 aromatic carbocycles. The zero-order chi connectivity index (χ0) is 14.4. The van der Waals surface area contributed by atoms with Crippen LogP contribution in [0.4, 0.5) is 0 Å². The van der Waals surface area contributed by atoms with E-state index in [9.17, 15) is 4.79 Å². The molecule has 0 aliphatic carbocycles. The predicted molar refractivity (Wildman–Crippen MR) is 77.4 cm³/mol. The summed E-state index contributed by atoms with van der Waals surface area (Å²) in [5, 5.41) is 11.3. The number of hydrogen-bond donors (Lipinski definition) is 2.